The highest BCUT2D eigenvalue weighted by Gasteiger charge is 2.56. The van der Waals surface area contributed by atoms with Crippen molar-refractivity contribution in [3.63, 3.8) is 0 Å². The van der Waals surface area contributed by atoms with Gasteiger partial charge in [0.15, 0.2) is 12.0 Å². The van der Waals surface area contributed by atoms with Crippen molar-refractivity contribution < 1.29 is 28.2 Å². The van der Waals surface area contributed by atoms with E-state index in [0.29, 0.717) is 0 Å². The van der Waals surface area contributed by atoms with Gasteiger partial charge in [-0.25, -0.2) is 4.39 Å². The molecule has 0 amide bonds. The Morgan fingerprint density at radius 2 is 2.00 bits per heavy atom. The van der Waals surface area contributed by atoms with Crippen LogP contribution in [0.15, 0.2) is 0 Å². The Morgan fingerprint density at radius 3 is 2.60 bits per heavy atom. The van der Waals surface area contributed by atoms with Gasteiger partial charge >= 0.3 is 11.9 Å². The van der Waals surface area contributed by atoms with Crippen molar-refractivity contribution in [3.05, 3.63) is 0 Å². The predicted molar refractivity (Wildman–Crippen MR) is 43.4 cm³/mol. The highest BCUT2D eigenvalue weighted by atomic mass is 19.1. The van der Waals surface area contributed by atoms with Gasteiger partial charge in [-0.1, -0.05) is 0 Å². The number of Topliss-reactive ketones (excluding diaryl/α,β-unsaturated/α-hetero) is 1. The number of rotatable bonds is 1. The number of carbonyl (C=O) groups is 3. The molecule has 6 heteroatoms. The van der Waals surface area contributed by atoms with Crippen LogP contribution in [-0.2, 0) is 23.9 Å². The van der Waals surface area contributed by atoms with Crippen LogP contribution in [-0.4, -0.2) is 37.1 Å². The average molecular weight is 216 g/mol. The number of hydrogen-bond acceptors (Lipinski definition) is 5. The predicted octanol–water partition coefficient (Wildman–Crippen LogP) is -0.372. The van der Waals surface area contributed by atoms with Crippen LogP contribution in [0.25, 0.3) is 0 Å². The number of ether oxygens (including phenoxy) is 2. The monoisotopic (exact) mass is 216 g/mol. The van der Waals surface area contributed by atoms with E-state index in [1.165, 1.54) is 7.11 Å². The molecule has 0 radical (unpaired) electrons. The fourth-order valence-electron chi connectivity index (χ4n) is 2.09. The lowest BCUT2D eigenvalue weighted by Gasteiger charge is -2.29. The summed E-state index contributed by atoms with van der Waals surface area (Å²) in [6.07, 6.45) is -3.33. The van der Waals surface area contributed by atoms with Crippen LogP contribution in [0.1, 0.15) is 6.42 Å². The first-order chi connectivity index (χ1) is 7.06. The van der Waals surface area contributed by atoms with Crippen molar-refractivity contribution in [2.45, 2.75) is 18.7 Å². The van der Waals surface area contributed by atoms with Crippen LogP contribution >= 0.6 is 0 Å². The Labute approximate surface area is 84.5 Å². The molecule has 0 unspecified atom stereocenters. The molecule has 1 saturated heterocycles. The summed E-state index contributed by atoms with van der Waals surface area (Å²) < 4.78 is 22.5. The molecule has 0 aromatic rings. The van der Waals surface area contributed by atoms with Gasteiger partial charge in [0.2, 0.25) is 0 Å². The zero-order chi connectivity index (χ0) is 11.2. The number of ketones is 1. The van der Waals surface area contributed by atoms with Crippen molar-refractivity contribution in [3.8, 4) is 0 Å². The summed E-state index contributed by atoms with van der Waals surface area (Å²) in [6.45, 7) is 0. The SMILES string of the molecule is CO[C@H]1[C@H]2C(=O)OC(=O)[C@@H]2CC(=O)[C@H]1F. The Hall–Kier alpha value is -1.30. The fourth-order valence-corrected chi connectivity index (χ4v) is 2.09. The van der Waals surface area contributed by atoms with Crippen LogP contribution in [0.2, 0.25) is 0 Å². The summed E-state index contributed by atoms with van der Waals surface area (Å²) in [4.78, 5) is 33.6. The topological polar surface area (TPSA) is 69.7 Å². The van der Waals surface area contributed by atoms with Crippen molar-refractivity contribution in [2.24, 2.45) is 11.8 Å². The summed E-state index contributed by atoms with van der Waals surface area (Å²) in [7, 11) is 1.20. The zero-order valence-electron chi connectivity index (χ0n) is 7.94. The lowest BCUT2D eigenvalue weighted by molar-refractivity contribution is -0.155. The van der Waals surface area contributed by atoms with E-state index in [1.54, 1.807) is 0 Å². The smallest absolute Gasteiger partial charge is 0.320 e. The van der Waals surface area contributed by atoms with Crippen LogP contribution < -0.4 is 0 Å². The van der Waals surface area contributed by atoms with E-state index in [2.05, 4.69) is 4.74 Å². The number of carbonyl (C=O) groups excluding carboxylic acids is 3. The number of methoxy groups -OCH3 is 1. The molecule has 0 bridgehead atoms. The van der Waals surface area contributed by atoms with Crippen LogP contribution in [0.5, 0.6) is 0 Å². The van der Waals surface area contributed by atoms with Gasteiger partial charge in [-0.3, -0.25) is 14.4 Å². The van der Waals surface area contributed by atoms with Crippen LogP contribution in [0, 0.1) is 11.8 Å². The van der Waals surface area contributed by atoms with Gasteiger partial charge in [0.25, 0.3) is 0 Å². The van der Waals surface area contributed by atoms with Crippen LogP contribution in [0.3, 0.4) is 0 Å². The van der Waals surface area contributed by atoms with Crippen molar-refractivity contribution in [2.75, 3.05) is 7.11 Å². The maximum Gasteiger partial charge on any atom is 0.320 e. The number of hydrogen-bond donors (Lipinski definition) is 0. The third-order valence-electron chi connectivity index (χ3n) is 2.85. The lowest BCUT2D eigenvalue weighted by Crippen LogP contribution is -2.48. The van der Waals surface area contributed by atoms with Gasteiger partial charge in [0.1, 0.15) is 12.0 Å². The second-order valence-corrected chi connectivity index (χ2v) is 3.64. The molecule has 1 heterocycles. The lowest BCUT2D eigenvalue weighted by atomic mass is 9.77. The minimum absolute atomic E-state index is 0.281. The Kier molecular flexibility index (Phi) is 2.30. The summed E-state index contributed by atoms with van der Waals surface area (Å²) in [5.74, 6) is -4.12. The van der Waals surface area contributed by atoms with E-state index >= 15 is 0 Å². The highest BCUT2D eigenvalue weighted by molar-refractivity contribution is 6.02. The average Bonchev–Trinajstić information content (AvgIpc) is 2.45. The van der Waals surface area contributed by atoms with E-state index < -0.39 is 41.8 Å². The van der Waals surface area contributed by atoms with Gasteiger partial charge in [-0.15, -0.1) is 0 Å². The molecule has 2 rings (SSSR count). The molecule has 82 valence electrons. The first-order valence-corrected chi connectivity index (χ1v) is 4.51. The van der Waals surface area contributed by atoms with E-state index in [9.17, 15) is 18.8 Å². The van der Waals surface area contributed by atoms with E-state index in [4.69, 9.17) is 4.74 Å². The number of fused-ring (bicyclic) bond motifs is 1. The third kappa shape index (κ3) is 1.36. The summed E-state index contributed by atoms with van der Waals surface area (Å²) in [5.41, 5.74) is 0. The number of esters is 2. The van der Waals surface area contributed by atoms with Gasteiger partial charge in [0, 0.05) is 13.5 Å². The normalized spacial score (nSPS) is 40.3. The molecule has 2 fully saturated rings. The molecule has 2 aliphatic rings. The highest BCUT2D eigenvalue weighted by Crippen LogP contribution is 2.37. The number of halogens is 1. The second-order valence-electron chi connectivity index (χ2n) is 3.64. The summed E-state index contributed by atoms with van der Waals surface area (Å²) in [5, 5.41) is 0. The zero-order valence-corrected chi connectivity index (χ0v) is 7.94. The maximum atomic E-state index is 13.4. The summed E-state index contributed by atoms with van der Waals surface area (Å²) in [6, 6.07) is 0. The van der Waals surface area contributed by atoms with E-state index in [1.807, 2.05) is 0 Å². The molecule has 5 nitrogen and oxygen atoms in total. The third-order valence-corrected chi connectivity index (χ3v) is 2.85. The molecule has 0 aromatic carbocycles. The Morgan fingerprint density at radius 1 is 1.33 bits per heavy atom. The summed E-state index contributed by atoms with van der Waals surface area (Å²) >= 11 is 0. The Balaban J connectivity index is 2.33. The minimum Gasteiger partial charge on any atom is -0.393 e. The molecule has 1 saturated carbocycles. The maximum absolute atomic E-state index is 13.4. The van der Waals surface area contributed by atoms with Crippen LogP contribution in [0.4, 0.5) is 4.39 Å². The first-order valence-electron chi connectivity index (χ1n) is 4.51. The molecule has 15 heavy (non-hydrogen) atoms. The molecule has 1 aliphatic heterocycles. The Bertz CT molecular complexity index is 339. The molecule has 0 N–H and O–H groups in total. The van der Waals surface area contributed by atoms with E-state index in [0.717, 1.165) is 0 Å². The van der Waals surface area contributed by atoms with Crippen molar-refractivity contribution >= 4 is 17.7 Å². The molecule has 0 aromatic heterocycles. The van der Waals surface area contributed by atoms with Gasteiger partial charge in [-0.05, 0) is 0 Å². The molecule has 0 spiro atoms. The number of alkyl halides is 1. The van der Waals surface area contributed by atoms with Gasteiger partial charge in [-0.2, -0.15) is 0 Å². The fraction of sp³-hybridized carbons (Fsp3) is 0.667. The van der Waals surface area contributed by atoms with E-state index in [-0.39, 0.29) is 6.42 Å². The minimum atomic E-state index is -1.85. The van der Waals surface area contributed by atoms with Gasteiger partial charge < -0.3 is 9.47 Å². The van der Waals surface area contributed by atoms with Crippen molar-refractivity contribution in [1.29, 1.82) is 0 Å². The first kappa shape index (κ1) is 10.2. The second kappa shape index (κ2) is 3.37. The molecular weight excluding hydrogens is 207 g/mol. The largest absolute Gasteiger partial charge is 0.393 e. The van der Waals surface area contributed by atoms with Gasteiger partial charge in [0.05, 0.1) is 5.92 Å². The standard InChI is InChI=1S/C9H9FO5/c1-14-7-5-3(2-4(11)6(7)10)8(12)15-9(5)13/h3,5-7H,2H2,1H3/t3-,5+,6-,7+/m1/s1. The quantitative estimate of drug-likeness (QED) is 0.441. The van der Waals surface area contributed by atoms with Crippen molar-refractivity contribution in [1.82, 2.24) is 0 Å². The molecular formula is C9H9FO5. The molecule has 1 aliphatic carbocycles. The molecule has 4 atom stereocenters. The number of cyclic esters (lactones) is 2.